The van der Waals surface area contributed by atoms with Gasteiger partial charge in [0.2, 0.25) is 0 Å². The van der Waals surface area contributed by atoms with Crippen LogP contribution in [0.3, 0.4) is 0 Å². The monoisotopic (exact) mass is 290 g/mol. The molecule has 104 valence electrons. The Bertz CT molecular complexity index is 630. The van der Waals surface area contributed by atoms with Gasteiger partial charge >= 0.3 is 5.97 Å². The van der Waals surface area contributed by atoms with Gasteiger partial charge in [-0.15, -0.1) is 0 Å². The number of aryl methyl sites for hydroxylation is 2. The molecule has 20 heavy (non-hydrogen) atoms. The normalized spacial score (nSPS) is 10.3. The predicted octanol–water partition coefficient (Wildman–Crippen LogP) is 4.23. The van der Waals surface area contributed by atoms with Gasteiger partial charge in [-0.25, -0.2) is 4.79 Å². The topological polar surface area (TPSA) is 46.5 Å². The Hall–Kier alpha value is -2.00. The quantitative estimate of drug-likeness (QED) is 0.916. The Kier molecular flexibility index (Phi) is 4.30. The first kappa shape index (κ1) is 14.4. The first-order chi connectivity index (χ1) is 9.47. The van der Waals surface area contributed by atoms with Gasteiger partial charge in [0.25, 0.3) is 0 Å². The van der Waals surface area contributed by atoms with Gasteiger partial charge in [0.1, 0.15) is 12.2 Å². The number of aromatic carboxylic acids is 1. The molecule has 2 aromatic carbocycles. The maximum atomic E-state index is 11.2. The molecule has 0 aliphatic heterocycles. The summed E-state index contributed by atoms with van der Waals surface area (Å²) in [5.74, 6) is -0.844. The third-order valence-corrected chi connectivity index (χ3v) is 3.16. The van der Waals surface area contributed by atoms with Crippen molar-refractivity contribution in [1.82, 2.24) is 0 Å². The van der Waals surface area contributed by atoms with Crippen molar-refractivity contribution in [2.24, 2.45) is 0 Å². The molecule has 2 rings (SSSR count). The Morgan fingerprint density at radius 3 is 2.45 bits per heavy atom. The number of hydrogen-bond acceptors (Lipinski definition) is 2. The molecule has 0 amide bonds. The number of rotatable bonds is 4. The fourth-order valence-corrected chi connectivity index (χ4v) is 2.36. The first-order valence-electron chi connectivity index (χ1n) is 6.19. The summed E-state index contributed by atoms with van der Waals surface area (Å²) in [4.78, 5) is 11.2. The molecule has 0 aliphatic rings. The van der Waals surface area contributed by atoms with Gasteiger partial charge in [0.05, 0.1) is 5.02 Å². The van der Waals surface area contributed by atoms with Gasteiger partial charge in [0.15, 0.2) is 5.75 Å². The second-order valence-corrected chi connectivity index (χ2v) is 5.11. The van der Waals surface area contributed by atoms with Gasteiger partial charge < -0.3 is 9.84 Å². The fraction of sp³-hybridized carbons (Fsp3) is 0.188. The molecule has 0 saturated carbocycles. The van der Waals surface area contributed by atoms with Crippen LogP contribution in [-0.2, 0) is 6.61 Å². The fourth-order valence-electron chi connectivity index (χ4n) is 2.13. The van der Waals surface area contributed by atoms with Crippen LogP contribution in [0.5, 0.6) is 5.75 Å². The van der Waals surface area contributed by atoms with Crippen LogP contribution >= 0.6 is 11.6 Å². The molecule has 3 nitrogen and oxygen atoms in total. The van der Waals surface area contributed by atoms with Crippen LogP contribution in [0.1, 0.15) is 27.0 Å². The molecule has 0 radical (unpaired) electrons. The number of benzene rings is 2. The Morgan fingerprint density at radius 1 is 1.20 bits per heavy atom. The van der Waals surface area contributed by atoms with Crippen LogP contribution in [-0.4, -0.2) is 11.1 Å². The number of carboxylic acids is 1. The van der Waals surface area contributed by atoms with Crippen LogP contribution in [0.2, 0.25) is 5.02 Å². The largest absolute Gasteiger partial charge is 0.486 e. The third-order valence-electron chi connectivity index (χ3n) is 2.86. The molecular weight excluding hydrogens is 276 g/mol. The number of carboxylic acid groups (broad SMARTS) is 1. The first-order valence-corrected chi connectivity index (χ1v) is 6.57. The van der Waals surface area contributed by atoms with Crippen LogP contribution in [0.15, 0.2) is 36.4 Å². The van der Waals surface area contributed by atoms with Crippen LogP contribution in [0.25, 0.3) is 0 Å². The molecular formula is C16H15ClO3. The molecule has 2 aromatic rings. The van der Waals surface area contributed by atoms with Gasteiger partial charge in [-0.05, 0) is 31.5 Å². The van der Waals surface area contributed by atoms with Crippen molar-refractivity contribution in [3.63, 3.8) is 0 Å². The molecule has 0 atom stereocenters. The lowest BCUT2D eigenvalue weighted by Gasteiger charge is -2.11. The SMILES string of the molecule is Cc1cc(C)cc(COc2c(Cl)cccc2C(=O)O)c1. The summed E-state index contributed by atoms with van der Waals surface area (Å²) in [7, 11) is 0. The standard InChI is InChI=1S/C16H15ClO3/c1-10-6-11(2)8-12(7-10)9-20-15-13(16(18)19)4-3-5-14(15)17/h3-8H,9H2,1-2H3,(H,18,19). The van der Waals surface area contributed by atoms with Crippen molar-refractivity contribution in [3.05, 3.63) is 63.7 Å². The molecule has 1 N–H and O–H groups in total. The molecule has 0 fully saturated rings. The minimum Gasteiger partial charge on any atom is -0.486 e. The van der Waals surface area contributed by atoms with Crippen molar-refractivity contribution in [3.8, 4) is 5.75 Å². The number of hydrogen-bond donors (Lipinski definition) is 1. The predicted molar refractivity (Wildman–Crippen MR) is 78.7 cm³/mol. The molecule has 0 aromatic heterocycles. The molecule has 0 saturated heterocycles. The lowest BCUT2D eigenvalue weighted by atomic mass is 10.1. The smallest absolute Gasteiger partial charge is 0.339 e. The van der Waals surface area contributed by atoms with Crippen LogP contribution in [0.4, 0.5) is 0 Å². The van der Waals surface area contributed by atoms with Crippen molar-refractivity contribution in [2.75, 3.05) is 0 Å². The van der Waals surface area contributed by atoms with Crippen LogP contribution in [0, 0.1) is 13.8 Å². The van der Waals surface area contributed by atoms with Crippen molar-refractivity contribution >= 4 is 17.6 Å². The van der Waals surface area contributed by atoms with Gasteiger partial charge in [-0.1, -0.05) is 47.0 Å². The number of halogens is 1. The molecule has 0 spiro atoms. The third kappa shape index (κ3) is 3.31. The Morgan fingerprint density at radius 2 is 1.85 bits per heavy atom. The minimum atomic E-state index is -1.05. The summed E-state index contributed by atoms with van der Waals surface area (Å²) in [6.45, 7) is 4.30. The highest BCUT2D eigenvalue weighted by Gasteiger charge is 2.14. The highest BCUT2D eigenvalue weighted by molar-refractivity contribution is 6.32. The van der Waals surface area contributed by atoms with E-state index in [1.807, 2.05) is 26.0 Å². The zero-order valence-electron chi connectivity index (χ0n) is 11.3. The summed E-state index contributed by atoms with van der Waals surface area (Å²) < 4.78 is 5.61. The molecule has 0 unspecified atom stereocenters. The number of carbonyl (C=O) groups is 1. The highest BCUT2D eigenvalue weighted by Crippen LogP contribution is 2.29. The summed E-state index contributed by atoms with van der Waals surface area (Å²) in [5, 5.41) is 9.44. The lowest BCUT2D eigenvalue weighted by Crippen LogP contribution is -2.04. The summed E-state index contributed by atoms with van der Waals surface area (Å²) in [6, 6.07) is 10.8. The number of ether oxygens (including phenoxy) is 1. The average Bonchev–Trinajstić information content (AvgIpc) is 2.35. The summed E-state index contributed by atoms with van der Waals surface area (Å²) in [5.41, 5.74) is 3.34. The second kappa shape index (κ2) is 5.97. The highest BCUT2D eigenvalue weighted by atomic mass is 35.5. The van der Waals surface area contributed by atoms with E-state index < -0.39 is 5.97 Å². The average molecular weight is 291 g/mol. The second-order valence-electron chi connectivity index (χ2n) is 4.71. The van der Waals surface area contributed by atoms with E-state index in [4.69, 9.17) is 21.4 Å². The maximum Gasteiger partial charge on any atom is 0.339 e. The van der Waals surface area contributed by atoms with E-state index in [-0.39, 0.29) is 17.9 Å². The van der Waals surface area contributed by atoms with Gasteiger partial charge in [0, 0.05) is 0 Å². The van der Waals surface area contributed by atoms with E-state index in [1.165, 1.54) is 6.07 Å². The number of para-hydroxylation sites is 1. The van der Waals surface area contributed by atoms with Crippen molar-refractivity contribution < 1.29 is 14.6 Å². The van der Waals surface area contributed by atoms with E-state index in [9.17, 15) is 4.79 Å². The zero-order chi connectivity index (χ0) is 14.7. The van der Waals surface area contributed by atoms with E-state index in [2.05, 4.69) is 6.07 Å². The van der Waals surface area contributed by atoms with Gasteiger partial charge in [-0.2, -0.15) is 0 Å². The molecule has 0 bridgehead atoms. The van der Waals surface area contributed by atoms with Crippen LogP contribution < -0.4 is 4.74 Å². The van der Waals surface area contributed by atoms with E-state index in [0.717, 1.165) is 16.7 Å². The maximum absolute atomic E-state index is 11.2. The zero-order valence-corrected chi connectivity index (χ0v) is 12.1. The van der Waals surface area contributed by atoms with Crippen molar-refractivity contribution in [2.45, 2.75) is 20.5 Å². The van der Waals surface area contributed by atoms with E-state index in [0.29, 0.717) is 5.02 Å². The van der Waals surface area contributed by atoms with Gasteiger partial charge in [-0.3, -0.25) is 0 Å². The lowest BCUT2D eigenvalue weighted by molar-refractivity contribution is 0.0691. The summed E-state index contributed by atoms with van der Waals surface area (Å²) >= 11 is 6.01. The Balaban J connectivity index is 2.25. The minimum absolute atomic E-state index is 0.0712. The summed E-state index contributed by atoms with van der Waals surface area (Å²) in [6.07, 6.45) is 0. The van der Waals surface area contributed by atoms with E-state index >= 15 is 0 Å². The Labute approximate surface area is 122 Å². The molecule has 4 heteroatoms. The molecule has 0 heterocycles. The molecule has 0 aliphatic carbocycles. The van der Waals surface area contributed by atoms with E-state index in [1.54, 1.807) is 12.1 Å². The van der Waals surface area contributed by atoms with Crippen molar-refractivity contribution in [1.29, 1.82) is 0 Å².